The van der Waals surface area contributed by atoms with Crippen molar-refractivity contribution >= 4 is 38.7 Å². The zero-order chi connectivity index (χ0) is 29.0. The molecule has 0 saturated carbocycles. The maximum absolute atomic E-state index is 4.66. The van der Waals surface area contributed by atoms with Crippen molar-refractivity contribution in [1.82, 2.24) is 19.5 Å². The van der Waals surface area contributed by atoms with Crippen LogP contribution in [0.25, 0.3) is 61.0 Å². The van der Waals surface area contributed by atoms with E-state index in [1.165, 1.54) is 10.8 Å². The molecule has 0 N–H and O–H groups in total. The molecule has 0 spiro atoms. The molecule has 5 heteroatoms. The molecule has 9 rings (SSSR count). The second-order valence-corrected chi connectivity index (χ2v) is 11.0. The van der Waals surface area contributed by atoms with E-state index in [0.717, 1.165) is 67.3 Å². The first-order valence-electron chi connectivity index (χ1n) is 14.7. The van der Waals surface area contributed by atoms with Crippen LogP contribution in [0.3, 0.4) is 0 Å². The van der Waals surface area contributed by atoms with E-state index >= 15 is 0 Å². The van der Waals surface area contributed by atoms with Crippen LogP contribution in [0.2, 0.25) is 0 Å². The van der Waals surface area contributed by atoms with Gasteiger partial charge in [-0.2, -0.15) is 0 Å². The summed E-state index contributed by atoms with van der Waals surface area (Å²) >= 11 is 0. The molecule has 1 aliphatic heterocycles. The van der Waals surface area contributed by atoms with Crippen molar-refractivity contribution in [2.24, 2.45) is 0 Å². The summed E-state index contributed by atoms with van der Waals surface area (Å²) in [7, 11) is 0. The van der Waals surface area contributed by atoms with Crippen LogP contribution in [-0.2, 0) is 0 Å². The summed E-state index contributed by atoms with van der Waals surface area (Å²) < 4.78 is 2.37. The number of pyridine rings is 3. The van der Waals surface area contributed by atoms with E-state index in [1.807, 2.05) is 49.2 Å². The minimum absolute atomic E-state index is 0.970. The predicted molar refractivity (Wildman–Crippen MR) is 179 cm³/mol. The molecular formula is C39H25N5. The Bertz CT molecular complexity index is 2340. The van der Waals surface area contributed by atoms with Gasteiger partial charge in [0.1, 0.15) is 0 Å². The maximum Gasteiger partial charge on any atom is 0.0702 e. The van der Waals surface area contributed by atoms with Gasteiger partial charge in [0.2, 0.25) is 0 Å². The fraction of sp³-hybridized carbons (Fsp3) is 0. The highest BCUT2D eigenvalue weighted by Gasteiger charge is 2.31. The van der Waals surface area contributed by atoms with Crippen LogP contribution in [0, 0.1) is 0 Å². The monoisotopic (exact) mass is 563 g/mol. The molecular weight excluding hydrogens is 538 g/mol. The lowest BCUT2D eigenvalue weighted by molar-refractivity contribution is 1.13. The third kappa shape index (κ3) is 3.69. The molecule has 5 nitrogen and oxygen atoms in total. The van der Waals surface area contributed by atoms with E-state index in [0.29, 0.717) is 0 Å². The summed E-state index contributed by atoms with van der Waals surface area (Å²) in [5, 5.41) is 3.51. The van der Waals surface area contributed by atoms with Gasteiger partial charge in [-0.05, 0) is 71.4 Å². The van der Waals surface area contributed by atoms with Crippen molar-refractivity contribution < 1.29 is 0 Å². The van der Waals surface area contributed by atoms with E-state index in [1.54, 1.807) is 0 Å². The largest absolute Gasteiger partial charge is 0.309 e. The average molecular weight is 564 g/mol. The molecule has 0 amide bonds. The topological polar surface area (TPSA) is 46.8 Å². The van der Waals surface area contributed by atoms with E-state index in [9.17, 15) is 0 Å². The van der Waals surface area contributed by atoms with Crippen molar-refractivity contribution in [3.63, 3.8) is 0 Å². The lowest BCUT2D eigenvalue weighted by Gasteiger charge is -2.27. The highest BCUT2D eigenvalue weighted by Crippen LogP contribution is 2.54. The molecule has 5 heterocycles. The fourth-order valence-corrected chi connectivity index (χ4v) is 6.63. The van der Waals surface area contributed by atoms with Crippen molar-refractivity contribution in [2.75, 3.05) is 4.90 Å². The molecule has 0 unspecified atom stereocenters. The number of hydrogen-bond donors (Lipinski definition) is 0. The minimum atomic E-state index is 0.970. The van der Waals surface area contributed by atoms with E-state index < -0.39 is 0 Å². The Kier molecular flexibility index (Phi) is 5.43. The number of rotatable bonds is 3. The normalized spacial score (nSPS) is 12.0. The zero-order valence-electron chi connectivity index (χ0n) is 23.7. The molecule has 0 radical (unpaired) electrons. The quantitative estimate of drug-likeness (QED) is 0.215. The summed E-state index contributed by atoms with van der Waals surface area (Å²) in [4.78, 5) is 16.2. The Labute approximate surface area is 254 Å². The zero-order valence-corrected chi connectivity index (χ0v) is 23.7. The van der Waals surface area contributed by atoms with Crippen LogP contribution in [-0.4, -0.2) is 19.5 Å². The molecule has 0 fully saturated rings. The number of para-hydroxylation sites is 2. The Balaban J connectivity index is 1.32. The van der Waals surface area contributed by atoms with Crippen LogP contribution in [0.15, 0.2) is 152 Å². The third-order valence-electron chi connectivity index (χ3n) is 8.53. The number of anilines is 3. The molecule has 0 atom stereocenters. The highest BCUT2D eigenvalue weighted by molar-refractivity contribution is 6.12. The Morgan fingerprint density at radius 1 is 0.523 bits per heavy atom. The number of benzene rings is 4. The molecule has 8 aromatic rings. The van der Waals surface area contributed by atoms with Gasteiger partial charge < -0.3 is 9.47 Å². The van der Waals surface area contributed by atoms with Crippen LogP contribution >= 0.6 is 0 Å². The Morgan fingerprint density at radius 2 is 1.25 bits per heavy atom. The molecule has 206 valence electrons. The van der Waals surface area contributed by atoms with E-state index in [-0.39, 0.29) is 0 Å². The minimum Gasteiger partial charge on any atom is -0.309 e. The van der Waals surface area contributed by atoms with E-state index in [2.05, 4.69) is 128 Å². The van der Waals surface area contributed by atoms with Crippen LogP contribution in [0.1, 0.15) is 0 Å². The first-order valence-corrected chi connectivity index (χ1v) is 14.7. The van der Waals surface area contributed by atoms with Crippen LogP contribution in [0.4, 0.5) is 17.1 Å². The van der Waals surface area contributed by atoms with Gasteiger partial charge in [-0.15, -0.1) is 0 Å². The summed E-state index contributed by atoms with van der Waals surface area (Å²) in [5.41, 5.74) is 11.9. The molecule has 1 aliphatic rings. The molecule has 0 bridgehead atoms. The predicted octanol–water partition coefficient (Wildman–Crippen LogP) is 9.75. The van der Waals surface area contributed by atoms with Crippen molar-refractivity contribution in [3.8, 4) is 39.3 Å². The lowest BCUT2D eigenvalue weighted by atomic mass is 10.0. The summed E-state index contributed by atoms with van der Waals surface area (Å²) in [6.45, 7) is 0. The van der Waals surface area contributed by atoms with Gasteiger partial charge in [-0.1, -0.05) is 60.7 Å². The number of nitrogens with zero attached hydrogens (tertiary/aromatic N) is 5. The standard InChI is InChI=1S/C39H25N5/c1-2-8-29(9-3-1)44-35-12-5-4-10-31(35)38-32-24-40-20-17-36(32)43(37-18-21-41-25-33(37)39(38)44)30-16-15-26-22-28(14-13-27(26)23-30)34-11-6-7-19-42-34/h1-25H. The molecule has 0 aliphatic carbocycles. The highest BCUT2D eigenvalue weighted by atomic mass is 15.2. The summed E-state index contributed by atoms with van der Waals surface area (Å²) in [6.07, 6.45) is 9.60. The molecule has 4 aromatic heterocycles. The van der Waals surface area contributed by atoms with Crippen molar-refractivity contribution in [1.29, 1.82) is 0 Å². The number of fused-ring (bicyclic) bond motifs is 8. The van der Waals surface area contributed by atoms with Gasteiger partial charge in [-0.3, -0.25) is 15.0 Å². The SMILES string of the molecule is c1ccc(-n2c3c(c4ccccc42)-c2cnccc2N(c2ccc4cc(-c5ccccn5)ccc4c2)c2ccncc2-3)cc1. The van der Waals surface area contributed by atoms with E-state index in [4.69, 9.17) is 0 Å². The van der Waals surface area contributed by atoms with Crippen LogP contribution < -0.4 is 4.90 Å². The maximum atomic E-state index is 4.66. The smallest absolute Gasteiger partial charge is 0.0702 e. The van der Waals surface area contributed by atoms with Gasteiger partial charge in [0, 0.05) is 70.0 Å². The lowest BCUT2D eigenvalue weighted by Crippen LogP contribution is -2.11. The Hall–Kier alpha value is -6.07. The van der Waals surface area contributed by atoms with Gasteiger partial charge >= 0.3 is 0 Å². The van der Waals surface area contributed by atoms with Crippen LogP contribution in [0.5, 0.6) is 0 Å². The summed E-state index contributed by atoms with van der Waals surface area (Å²) in [5.74, 6) is 0. The van der Waals surface area contributed by atoms with Gasteiger partial charge in [0.15, 0.2) is 0 Å². The van der Waals surface area contributed by atoms with Gasteiger partial charge in [-0.25, -0.2) is 0 Å². The number of hydrogen-bond acceptors (Lipinski definition) is 4. The third-order valence-corrected chi connectivity index (χ3v) is 8.53. The second kappa shape index (κ2) is 9.75. The molecule has 44 heavy (non-hydrogen) atoms. The summed E-state index contributed by atoms with van der Waals surface area (Å²) in [6, 6.07) is 42.7. The average Bonchev–Trinajstić information content (AvgIpc) is 3.38. The van der Waals surface area contributed by atoms with Gasteiger partial charge in [0.05, 0.1) is 28.3 Å². The molecule has 0 saturated heterocycles. The molecule has 4 aromatic carbocycles. The Morgan fingerprint density at radius 3 is 2.09 bits per heavy atom. The van der Waals surface area contributed by atoms with Crippen molar-refractivity contribution in [2.45, 2.75) is 0 Å². The first-order chi connectivity index (χ1) is 21.8. The second-order valence-electron chi connectivity index (χ2n) is 11.0. The van der Waals surface area contributed by atoms with Crippen molar-refractivity contribution in [3.05, 3.63) is 152 Å². The fourth-order valence-electron chi connectivity index (χ4n) is 6.63. The van der Waals surface area contributed by atoms with Gasteiger partial charge in [0.25, 0.3) is 0 Å². The number of aromatic nitrogens is 4. The first kappa shape index (κ1) is 24.5.